The fourth-order valence-electron chi connectivity index (χ4n) is 4.18. The molecule has 216 valence electrons. The normalized spacial score (nSPS) is 11.5. The lowest BCUT2D eigenvalue weighted by atomic mass is 9.98. The molecule has 0 aromatic heterocycles. The molecule has 0 aliphatic heterocycles. The van der Waals surface area contributed by atoms with Crippen molar-refractivity contribution < 1.29 is 28.2 Å². The van der Waals surface area contributed by atoms with E-state index in [0.29, 0.717) is 39.9 Å². The number of esters is 2. The van der Waals surface area contributed by atoms with Crippen molar-refractivity contribution in [3.05, 3.63) is 95.3 Å². The summed E-state index contributed by atoms with van der Waals surface area (Å²) in [6.07, 6.45) is 2.08. The number of aryl methyl sites for hydroxylation is 1. The molecule has 6 nitrogen and oxygen atoms in total. The van der Waals surface area contributed by atoms with Gasteiger partial charge in [0.1, 0.15) is 17.0 Å². The number of benzene rings is 3. The minimum Gasteiger partial charge on any atom is -0.460 e. The van der Waals surface area contributed by atoms with Crippen LogP contribution in [0.25, 0.3) is 17.2 Å². The predicted octanol–water partition coefficient (Wildman–Crippen LogP) is 7.55. The molecule has 0 spiro atoms. The SMILES string of the molecule is C=Cc1ccc(NC(=O)c2cccc(-c3cc(F)cc(CCC(=O)OC(C)(C)C)c3)c2)c(CC(=O)OC(C)(C)C)c1. The topological polar surface area (TPSA) is 81.7 Å². The predicted molar refractivity (Wildman–Crippen MR) is 160 cm³/mol. The van der Waals surface area contributed by atoms with Crippen LogP contribution in [0.4, 0.5) is 10.1 Å². The summed E-state index contributed by atoms with van der Waals surface area (Å²) in [4.78, 5) is 37.9. The van der Waals surface area contributed by atoms with Gasteiger partial charge in [0.25, 0.3) is 5.91 Å². The molecule has 0 atom stereocenters. The smallest absolute Gasteiger partial charge is 0.310 e. The van der Waals surface area contributed by atoms with Gasteiger partial charge in [-0.2, -0.15) is 0 Å². The lowest BCUT2D eigenvalue weighted by molar-refractivity contribution is -0.155. The standard InChI is InChI=1S/C34H38FNO5/c1-8-22-12-14-29(27(16-22)21-31(38)41-34(5,6)7)36-32(39)25-11-9-10-24(19-25)26-17-23(18-28(35)20-26)13-15-30(37)40-33(2,3)4/h8-12,14,16-20H,1,13,15,21H2,2-7H3,(H,36,39). The van der Waals surface area contributed by atoms with Gasteiger partial charge in [0.05, 0.1) is 6.42 Å². The first-order valence-corrected chi connectivity index (χ1v) is 13.5. The van der Waals surface area contributed by atoms with E-state index >= 15 is 0 Å². The second kappa shape index (κ2) is 12.9. The summed E-state index contributed by atoms with van der Waals surface area (Å²) >= 11 is 0. The Morgan fingerprint density at radius 2 is 1.54 bits per heavy atom. The molecule has 7 heteroatoms. The second-order valence-corrected chi connectivity index (χ2v) is 11.9. The van der Waals surface area contributed by atoms with Crippen LogP contribution in [0.1, 0.15) is 75.0 Å². The van der Waals surface area contributed by atoms with Gasteiger partial charge in [0, 0.05) is 17.7 Å². The Bertz CT molecular complexity index is 1450. The summed E-state index contributed by atoms with van der Waals surface area (Å²) in [7, 11) is 0. The number of nitrogens with one attached hydrogen (secondary N) is 1. The number of hydrogen-bond donors (Lipinski definition) is 1. The number of amides is 1. The molecule has 41 heavy (non-hydrogen) atoms. The van der Waals surface area contributed by atoms with Crippen molar-refractivity contribution in [3.8, 4) is 11.1 Å². The maximum atomic E-state index is 14.5. The molecule has 3 rings (SSSR count). The van der Waals surface area contributed by atoms with Crippen LogP contribution in [0, 0.1) is 5.82 Å². The largest absolute Gasteiger partial charge is 0.460 e. The third kappa shape index (κ3) is 10.0. The minimum atomic E-state index is -0.635. The van der Waals surface area contributed by atoms with Gasteiger partial charge in [0.2, 0.25) is 0 Å². The van der Waals surface area contributed by atoms with Crippen LogP contribution in [0.15, 0.2) is 67.2 Å². The Hall–Kier alpha value is -4.26. The summed E-state index contributed by atoms with van der Waals surface area (Å²) in [6, 6.07) is 16.7. The molecule has 3 aromatic carbocycles. The lowest BCUT2D eigenvalue weighted by Gasteiger charge is -2.20. The van der Waals surface area contributed by atoms with Crippen LogP contribution in [-0.2, 0) is 31.9 Å². The number of ether oxygens (including phenoxy) is 2. The van der Waals surface area contributed by atoms with Crippen molar-refractivity contribution in [2.24, 2.45) is 0 Å². The van der Waals surface area contributed by atoms with Crippen LogP contribution in [-0.4, -0.2) is 29.0 Å². The summed E-state index contributed by atoms with van der Waals surface area (Å²) in [5.74, 6) is -1.59. The first kappa shape index (κ1) is 31.3. The van der Waals surface area contributed by atoms with Gasteiger partial charge in [-0.25, -0.2) is 4.39 Å². The highest BCUT2D eigenvalue weighted by Gasteiger charge is 2.20. The maximum Gasteiger partial charge on any atom is 0.310 e. The maximum absolute atomic E-state index is 14.5. The summed E-state index contributed by atoms with van der Waals surface area (Å²) in [5, 5.41) is 2.89. The molecule has 1 N–H and O–H groups in total. The van der Waals surface area contributed by atoms with E-state index in [0.717, 1.165) is 5.56 Å². The highest BCUT2D eigenvalue weighted by Crippen LogP contribution is 2.26. The number of rotatable bonds is 9. The first-order valence-electron chi connectivity index (χ1n) is 13.5. The van der Waals surface area contributed by atoms with Gasteiger partial charge in [-0.05, 0) is 112 Å². The molecule has 1 amide bonds. The van der Waals surface area contributed by atoms with Gasteiger partial charge in [-0.3, -0.25) is 14.4 Å². The van der Waals surface area contributed by atoms with E-state index in [2.05, 4.69) is 11.9 Å². The highest BCUT2D eigenvalue weighted by atomic mass is 19.1. The Labute approximate surface area is 241 Å². The molecule has 0 bridgehead atoms. The monoisotopic (exact) mass is 559 g/mol. The Balaban J connectivity index is 1.81. The number of carbonyl (C=O) groups is 3. The van der Waals surface area contributed by atoms with E-state index in [-0.39, 0.29) is 24.7 Å². The quantitative estimate of drug-likeness (QED) is 0.274. The van der Waals surface area contributed by atoms with Gasteiger partial charge in [-0.15, -0.1) is 0 Å². The molecule has 0 radical (unpaired) electrons. The number of anilines is 1. The third-order valence-corrected chi connectivity index (χ3v) is 5.82. The van der Waals surface area contributed by atoms with E-state index in [1.165, 1.54) is 12.1 Å². The Morgan fingerprint density at radius 1 is 0.854 bits per heavy atom. The second-order valence-electron chi connectivity index (χ2n) is 11.9. The van der Waals surface area contributed by atoms with Gasteiger partial charge in [-0.1, -0.05) is 36.9 Å². The molecule has 3 aromatic rings. The van der Waals surface area contributed by atoms with Crippen molar-refractivity contribution in [3.63, 3.8) is 0 Å². The molecule has 0 fully saturated rings. The van der Waals surface area contributed by atoms with Gasteiger partial charge in [0.15, 0.2) is 0 Å². The Morgan fingerprint density at radius 3 is 2.20 bits per heavy atom. The molecule has 0 aliphatic rings. The molecule has 0 saturated carbocycles. The molecular formula is C34H38FNO5. The van der Waals surface area contributed by atoms with Gasteiger partial charge >= 0.3 is 11.9 Å². The van der Waals surface area contributed by atoms with Crippen molar-refractivity contribution in [2.75, 3.05) is 5.32 Å². The fraction of sp³-hybridized carbons (Fsp3) is 0.324. The molecule has 0 aliphatic carbocycles. The van der Waals surface area contributed by atoms with E-state index in [1.54, 1.807) is 96.1 Å². The summed E-state index contributed by atoms with van der Waals surface area (Å²) in [5.41, 5.74) is 2.89. The first-order chi connectivity index (χ1) is 19.1. The van der Waals surface area contributed by atoms with Crippen LogP contribution >= 0.6 is 0 Å². The van der Waals surface area contributed by atoms with Crippen LogP contribution in [0.2, 0.25) is 0 Å². The van der Waals surface area contributed by atoms with Crippen molar-refractivity contribution >= 4 is 29.6 Å². The van der Waals surface area contributed by atoms with Crippen molar-refractivity contribution in [2.45, 2.75) is 72.0 Å². The molecular weight excluding hydrogens is 521 g/mol. The zero-order valence-corrected chi connectivity index (χ0v) is 24.6. The molecule has 0 heterocycles. The zero-order valence-electron chi connectivity index (χ0n) is 24.6. The highest BCUT2D eigenvalue weighted by molar-refractivity contribution is 6.05. The Kier molecular flexibility index (Phi) is 9.87. The lowest BCUT2D eigenvalue weighted by Crippen LogP contribution is -2.25. The van der Waals surface area contributed by atoms with E-state index < -0.39 is 23.0 Å². The van der Waals surface area contributed by atoms with Gasteiger partial charge < -0.3 is 14.8 Å². The van der Waals surface area contributed by atoms with Crippen molar-refractivity contribution in [1.29, 1.82) is 0 Å². The number of halogens is 1. The summed E-state index contributed by atoms with van der Waals surface area (Å²) in [6.45, 7) is 14.6. The van der Waals surface area contributed by atoms with E-state index in [1.807, 2.05) is 0 Å². The minimum absolute atomic E-state index is 0.0238. The van der Waals surface area contributed by atoms with Crippen molar-refractivity contribution in [1.82, 2.24) is 0 Å². The fourth-order valence-corrected chi connectivity index (χ4v) is 4.18. The number of hydrogen-bond acceptors (Lipinski definition) is 5. The van der Waals surface area contributed by atoms with Crippen LogP contribution in [0.5, 0.6) is 0 Å². The average molecular weight is 560 g/mol. The van der Waals surface area contributed by atoms with Crippen LogP contribution < -0.4 is 5.32 Å². The van der Waals surface area contributed by atoms with E-state index in [4.69, 9.17) is 9.47 Å². The van der Waals surface area contributed by atoms with Crippen LogP contribution in [0.3, 0.4) is 0 Å². The molecule has 0 saturated heterocycles. The van der Waals surface area contributed by atoms with E-state index in [9.17, 15) is 18.8 Å². The number of carbonyl (C=O) groups excluding carboxylic acids is 3. The summed E-state index contributed by atoms with van der Waals surface area (Å²) < 4.78 is 25.3. The average Bonchev–Trinajstić information content (AvgIpc) is 2.86. The zero-order chi connectivity index (χ0) is 30.4. The third-order valence-electron chi connectivity index (χ3n) is 5.82. The molecule has 0 unspecified atom stereocenters.